The summed E-state index contributed by atoms with van der Waals surface area (Å²) in [6, 6.07) is 44.0. The van der Waals surface area contributed by atoms with Gasteiger partial charge in [0, 0.05) is 30.0 Å². The monoisotopic (exact) mass is 536 g/mol. The van der Waals surface area contributed by atoms with Crippen LogP contribution in [0.4, 0.5) is 0 Å². The molecular weight excluding hydrogens is 516 g/mol. The molecule has 0 aliphatic carbocycles. The van der Waals surface area contributed by atoms with Crippen LogP contribution in [-0.2, 0) is 0 Å². The van der Waals surface area contributed by atoms with Crippen molar-refractivity contribution in [1.29, 1.82) is 0 Å². The average Bonchev–Trinajstić information content (AvgIpc) is 2.89. The summed E-state index contributed by atoms with van der Waals surface area (Å²) in [4.78, 5) is 5.37. The summed E-state index contributed by atoms with van der Waals surface area (Å²) in [7, 11) is 0. The second-order valence-corrected chi connectivity index (χ2v) is 11.4. The Hall–Kier alpha value is -2.72. The van der Waals surface area contributed by atoms with Gasteiger partial charge in [-0.05, 0) is 58.1 Å². The Labute approximate surface area is 217 Å². The minimum Gasteiger partial charge on any atom is -0.0877 e. The van der Waals surface area contributed by atoms with E-state index in [-0.39, 0.29) is 5.92 Å². The van der Waals surface area contributed by atoms with Gasteiger partial charge in [-0.1, -0.05) is 130 Å². The molecule has 0 radical (unpaired) electrons. The van der Waals surface area contributed by atoms with E-state index in [0.717, 1.165) is 4.47 Å². The Morgan fingerprint density at radius 1 is 0.471 bits per heavy atom. The van der Waals surface area contributed by atoms with Crippen molar-refractivity contribution in [1.82, 2.24) is 0 Å². The van der Waals surface area contributed by atoms with Crippen LogP contribution in [0.1, 0.15) is 22.6 Å². The van der Waals surface area contributed by atoms with Gasteiger partial charge in [-0.15, -0.1) is 0 Å². The molecule has 1 aliphatic heterocycles. The molecule has 0 nitrogen and oxygen atoms in total. The van der Waals surface area contributed by atoms with Gasteiger partial charge in [0.15, 0.2) is 0 Å². The van der Waals surface area contributed by atoms with Gasteiger partial charge < -0.3 is 0 Å². The molecule has 6 rings (SSSR count). The van der Waals surface area contributed by atoms with Gasteiger partial charge in [-0.25, -0.2) is 0 Å². The lowest BCUT2D eigenvalue weighted by Crippen LogP contribution is -2.03. The second-order valence-electron chi connectivity index (χ2n) is 8.30. The number of fused-ring (bicyclic) bond motifs is 2. The van der Waals surface area contributed by atoms with E-state index in [4.69, 9.17) is 0 Å². The van der Waals surface area contributed by atoms with E-state index in [2.05, 4.69) is 137 Å². The van der Waals surface area contributed by atoms with Gasteiger partial charge in [-0.2, -0.15) is 0 Å². The Bertz CT molecular complexity index is 1440. The molecule has 5 aromatic carbocycles. The van der Waals surface area contributed by atoms with E-state index >= 15 is 0 Å². The molecule has 0 amide bonds. The van der Waals surface area contributed by atoms with E-state index in [9.17, 15) is 0 Å². The molecular formula is C31H21BrS2. The van der Waals surface area contributed by atoms with E-state index in [1.807, 2.05) is 23.5 Å². The van der Waals surface area contributed by atoms with Crippen LogP contribution in [0.5, 0.6) is 0 Å². The van der Waals surface area contributed by atoms with Crippen molar-refractivity contribution in [3.8, 4) is 11.1 Å². The molecule has 0 saturated heterocycles. The molecule has 34 heavy (non-hydrogen) atoms. The number of hydrogen-bond donors (Lipinski definition) is 0. The van der Waals surface area contributed by atoms with Gasteiger partial charge in [0.05, 0.1) is 0 Å². The lowest BCUT2D eigenvalue weighted by atomic mass is 9.84. The maximum Gasteiger partial charge on any atom is 0.0340 e. The highest BCUT2D eigenvalue weighted by atomic mass is 79.9. The molecule has 0 aromatic heterocycles. The van der Waals surface area contributed by atoms with Crippen LogP contribution in [0.15, 0.2) is 145 Å². The molecule has 0 fully saturated rings. The molecule has 5 aromatic rings. The predicted octanol–water partition coefficient (Wildman–Crippen LogP) is 9.91. The summed E-state index contributed by atoms with van der Waals surface area (Å²) in [6.07, 6.45) is 0. The molecule has 1 aliphatic rings. The Balaban J connectivity index is 1.39. The fourth-order valence-corrected chi connectivity index (χ4v) is 7.17. The van der Waals surface area contributed by atoms with E-state index in [1.165, 1.54) is 47.4 Å². The molecule has 1 heterocycles. The molecule has 0 spiro atoms. The summed E-state index contributed by atoms with van der Waals surface area (Å²) in [6.45, 7) is 0. The number of benzene rings is 5. The standard InChI is InChI=1S/C31H21BrS2/c32-25-19-17-24(18-20-25)30(22-7-2-1-3-8-22)23-15-13-21(14-16-23)26-9-6-12-29-31(26)34-28-11-5-4-10-27(28)33-29/h1-20,30H. The first-order valence-corrected chi connectivity index (χ1v) is 13.7. The molecule has 3 heteroatoms. The molecule has 1 atom stereocenters. The summed E-state index contributed by atoms with van der Waals surface area (Å²) < 4.78 is 1.10. The van der Waals surface area contributed by atoms with Crippen molar-refractivity contribution in [2.45, 2.75) is 25.5 Å². The topological polar surface area (TPSA) is 0 Å². The fourth-order valence-electron chi connectivity index (χ4n) is 4.51. The number of hydrogen-bond acceptors (Lipinski definition) is 2. The highest BCUT2D eigenvalue weighted by Crippen LogP contribution is 2.51. The van der Waals surface area contributed by atoms with Gasteiger partial charge in [0.2, 0.25) is 0 Å². The zero-order chi connectivity index (χ0) is 22.9. The van der Waals surface area contributed by atoms with Gasteiger partial charge in [-0.3, -0.25) is 0 Å². The molecule has 0 saturated carbocycles. The Morgan fingerprint density at radius 3 is 1.74 bits per heavy atom. The highest BCUT2D eigenvalue weighted by Gasteiger charge is 2.21. The first kappa shape index (κ1) is 21.8. The third-order valence-corrected chi connectivity index (χ3v) is 9.29. The zero-order valence-corrected chi connectivity index (χ0v) is 21.5. The lowest BCUT2D eigenvalue weighted by Gasteiger charge is -2.22. The molecule has 1 unspecified atom stereocenters. The van der Waals surface area contributed by atoms with Crippen molar-refractivity contribution in [2.75, 3.05) is 0 Å². The molecule has 0 N–H and O–H groups in total. The minimum atomic E-state index is 0.199. The van der Waals surface area contributed by atoms with Crippen LogP contribution in [0.2, 0.25) is 0 Å². The van der Waals surface area contributed by atoms with Crippen LogP contribution in [-0.4, -0.2) is 0 Å². The minimum absolute atomic E-state index is 0.199. The van der Waals surface area contributed by atoms with Crippen molar-refractivity contribution in [3.05, 3.63) is 142 Å². The number of rotatable bonds is 4. The van der Waals surface area contributed by atoms with Crippen LogP contribution in [0.25, 0.3) is 11.1 Å². The summed E-state index contributed by atoms with van der Waals surface area (Å²) in [5, 5.41) is 0. The largest absolute Gasteiger partial charge is 0.0877 e. The highest BCUT2D eigenvalue weighted by molar-refractivity contribution is 9.10. The van der Waals surface area contributed by atoms with E-state index in [1.54, 1.807) is 0 Å². The van der Waals surface area contributed by atoms with Crippen LogP contribution in [0.3, 0.4) is 0 Å². The molecule has 0 bridgehead atoms. The third kappa shape index (κ3) is 4.24. The van der Waals surface area contributed by atoms with Crippen LogP contribution >= 0.6 is 39.5 Å². The summed E-state index contributed by atoms with van der Waals surface area (Å²) >= 11 is 7.33. The third-order valence-electron chi connectivity index (χ3n) is 6.15. The van der Waals surface area contributed by atoms with E-state index < -0.39 is 0 Å². The Kier molecular flexibility index (Phi) is 6.09. The maximum atomic E-state index is 3.58. The van der Waals surface area contributed by atoms with Gasteiger partial charge in [0.25, 0.3) is 0 Å². The zero-order valence-electron chi connectivity index (χ0n) is 18.3. The summed E-state index contributed by atoms with van der Waals surface area (Å²) in [5.74, 6) is 0.199. The lowest BCUT2D eigenvalue weighted by molar-refractivity contribution is 0.977. The summed E-state index contributed by atoms with van der Waals surface area (Å²) in [5.41, 5.74) is 6.46. The average molecular weight is 538 g/mol. The smallest absolute Gasteiger partial charge is 0.0340 e. The van der Waals surface area contributed by atoms with Crippen molar-refractivity contribution < 1.29 is 0 Å². The normalized spacial score (nSPS) is 13.1. The first-order chi connectivity index (χ1) is 16.8. The second kappa shape index (κ2) is 9.50. The SMILES string of the molecule is Brc1ccc(C(c2ccccc2)c2ccc(-c3cccc4c3Sc3ccccc3S4)cc2)cc1. The number of halogens is 1. The maximum absolute atomic E-state index is 3.58. The van der Waals surface area contributed by atoms with Gasteiger partial charge >= 0.3 is 0 Å². The molecule has 164 valence electrons. The first-order valence-electron chi connectivity index (χ1n) is 11.2. The van der Waals surface area contributed by atoms with Crippen molar-refractivity contribution in [3.63, 3.8) is 0 Å². The van der Waals surface area contributed by atoms with Crippen LogP contribution in [0, 0.1) is 0 Å². The van der Waals surface area contributed by atoms with Crippen molar-refractivity contribution in [2.24, 2.45) is 0 Å². The van der Waals surface area contributed by atoms with Crippen molar-refractivity contribution >= 4 is 39.5 Å². The van der Waals surface area contributed by atoms with Crippen LogP contribution < -0.4 is 0 Å². The Morgan fingerprint density at radius 2 is 1.03 bits per heavy atom. The fraction of sp³-hybridized carbons (Fsp3) is 0.0323. The van der Waals surface area contributed by atoms with E-state index in [0.29, 0.717) is 0 Å². The predicted molar refractivity (Wildman–Crippen MR) is 148 cm³/mol. The quantitative estimate of drug-likeness (QED) is 0.205. The van der Waals surface area contributed by atoms with Gasteiger partial charge in [0.1, 0.15) is 0 Å².